The third-order valence-corrected chi connectivity index (χ3v) is 4.13. The SMILES string of the molecule is CC(C)(C)[S@](=O)/N=C/c1cn(-c2ccc(Cl)cc2)cn1. The van der Waals surface area contributed by atoms with Crippen molar-refractivity contribution in [2.75, 3.05) is 0 Å². The molecule has 4 nitrogen and oxygen atoms in total. The van der Waals surface area contributed by atoms with E-state index >= 15 is 0 Å². The van der Waals surface area contributed by atoms with Crippen LogP contribution in [-0.2, 0) is 11.0 Å². The summed E-state index contributed by atoms with van der Waals surface area (Å²) in [6.45, 7) is 5.65. The highest BCUT2D eigenvalue weighted by atomic mass is 35.5. The minimum atomic E-state index is -1.27. The summed E-state index contributed by atoms with van der Waals surface area (Å²) in [7, 11) is -1.27. The fourth-order valence-electron chi connectivity index (χ4n) is 1.42. The molecule has 0 aliphatic carbocycles. The molecule has 0 fully saturated rings. The second-order valence-corrected chi connectivity index (χ2v) is 7.65. The van der Waals surface area contributed by atoms with Crippen molar-refractivity contribution < 1.29 is 4.21 Å². The highest BCUT2D eigenvalue weighted by Gasteiger charge is 2.18. The molecule has 0 saturated heterocycles. The lowest BCUT2D eigenvalue weighted by molar-refractivity contribution is 0.651. The van der Waals surface area contributed by atoms with E-state index in [4.69, 9.17) is 11.6 Å². The molecule has 20 heavy (non-hydrogen) atoms. The van der Waals surface area contributed by atoms with Crippen LogP contribution in [0.4, 0.5) is 0 Å². The Bertz CT molecular complexity index is 641. The molecule has 1 aromatic heterocycles. The van der Waals surface area contributed by atoms with Gasteiger partial charge in [-0.15, -0.1) is 0 Å². The van der Waals surface area contributed by atoms with E-state index < -0.39 is 11.0 Å². The zero-order valence-corrected chi connectivity index (χ0v) is 13.1. The van der Waals surface area contributed by atoms with Crippen molar-refractivity contribution in [2.45, 2.75) is 25.5 Å². The van der Waals surface area contributed by atoms with E-state index in [2.05, 4.69) is 9.38 Å². The van der Waals surface area contributed by atoms with Gasteiger partial charge >= 0.3 is 0 Å². The Kier molecular flexibility index (Phi) is 4.40. The standard InChI is InChI=1S/C14H16ClN3OS/c1-14(2,3)20(19)17-8-12-9-18(10-16-12)13-6-4-11(15)5-7-13/h4-10H,1-3H3/b17-8+/t20-/m0/s1. The molecule has 0 spiro atoms. The van der Waals surface area contributed by atoms with Crippen LogP contribution in [0, 0.1) is 0 Å². The molecule has 0 bridgehead atoms. The predicted molar refractivity (Wildman–Crippen MR) is 84.1 cm³/mol. The number of rotatable bonds is 3. The van der Waals surface area contributed by atoms with Gasteiger partial charge in [0.1, 0.15) is 16.7 Å². The highest BCUT2D eigenvalue weighted by Crippen LogP contribution is 2.14. The summed E-state index contributed by atoms with van der Waals surface area (Å²) in [5.41, 5.74) is 1.62. The summed E-state index contributed by atoms with van der Waals surface area (Å²) in [4.78, 5) is 4.22. The zero-order chi connectivity index (χ0) is 14.8. The highest BCUT2D eigenvalue weighted by molar-refractivity contribution is 7.85. The topological polar surface area (TPSA) is 47.2 Å². The Morgan fingerprint density at radius 2 is 1.95 bits per heavy atom. The van der Waals surface area contributed by atoms with Crippen molar-refractivity contribution in [3.63, 3.8) is 0 Å². The van der Waals surface area contributed by atoms with E-state index in [1.54, 1.807) is 6.33 Å². The maximum absolute atomic E-state index is 11.8. The fourth-order valence-corrected chi connectivity index (χ4v) is 2.07. The number of hydrogen-bond acceptors (Lipinski definition) is 2. The van der Waals surface area contributed by atoms with Crippen molar-refractivity contribution in [3.05, 3.63) is 47.5 Å². The average molecular weight is 310 g/mol. The molecule has 106 valence electrons. The van der Waals surface area contributed by atoms with Crippen molar-refractivity contribution in [1.82, 2.24) is 9.55 Å². The number of halogens is 1. The molecule has 2 aromatic rings. The van der Waals surface area contributed by atoms with E-state index in [-0.39, 0.29) is 4.75 Å². The van der Waals surface area contributed by atoms with Crippen LogP contribution >= 0.6 is 11.6 Å². The van der Waals surface area contributed by atoms with Crippen LogP contribution < -0.4 is 0 Å². The summed E-state index contributed by atoms with van der Waals surface area (Å²) in [5, 5.41) is 0.691. The average Bonchev–Trinajstić information content (AvgIpc) is 2.84. The van der Waals surface area contributed by atoms with Gasteiger partial charge in [0.25, 0.3) is 0 Å². The van der Waals surface area contributed by atoms with Crippen molar-refractivity contribution in [3.8, 4) is 5.69 Å². The molecular formula is C14H16ClN3OS. The maximum Gasteiger partial charge on any atom is 0.144 e. The van der Waals surface area contributed by atoms with Crippen LogP contribution in [-0.4, -0.2) is 24.7 Å². The first-order valence-corrected chi connectivity index (χ1v) is 7.61. The van der Waals surface area contributed by atoms with Crippen LogP contribution in [0.25, 0.3) is 5.69 Å². The molecule has 1 atom stereocenters. The molecular weight excluding hydrogens is 294 g/mol. The Morgan fingerprint density at radius 1 is 1.30 bits per heavy atom. The first kappa shape index (κ1) is 14.9. The van der Waals surface area contributed by atoms with E-state index in [0.717, 1.165) is 5.69 Å². The summed E-state index contributed by atoms with van der Waals surface area (Å²) in [5.74, 6) is 0. The normalized spacial score (nSPS) is 13.8. The van der Waals surface area contributed by atoms with E-state index in [1.165, 1.54) is 6.21 Å². The van der Waals surface area contributed by atoms with Crippen molar-refractivity contribution >= 4 is 28.8 Å². The number of nitrogens with zero attached hydrogens (tertiary/aromatic N) is 3. The van der Waals surface area contributed by atoms with Crippen molar-refractivity contribution in [2.24, 2.45) is 4.40 Å². The Balaban J connectivity index is 2.15. The number of hydrogen-bond donors (Lipinski definition) is 0. The van der Waals surface area contributed by atoms with Gasteiger partial charge < -0.3 is 4.57 Å². The van der Waals surface area contributed by atoms with Gasteiger partial charge in [0, 0.05) is 16.9 Å². The first-order chi connectivity index (χ1) is 9.36. The smallest absolute Gasteiger partial charge is 0.144 e. The summed E-state index contributed by atoms with van der Waals surface area (Å²) in [6.07, 6.45) is 5.05. The lowest BCUT2D eigenvalue weighted by Gasteiger charge is -2.12. The number of aromatic nitrogens is 2. The molecule has 0 radical (unpaired) electrons. The van der Waals surface area contributed by atoms with Gasteiger partial charge in [-0.25, -0.2) is 9.19 Å². The van der Waals surface area contributed by atoms with E-state index in [9.17, 15) is 4.21 Å². The molecule has 0 amide bonds. The Labute approximate surface area is 126 Å². The molecule has 2 rings (SSSR count). The van der Waals surface area contributed by atoms with E-state index in [0.29, 0.717) is 10.7 Å². The molecule has 0 N–H and O–H groups in total. The van der Waals surface area contributed by atoms with Gasteiger partial charge in [-0.2, -0.15) is 4.40 Å². The van der Waals surface area contributed by atoms with Crippen LogP contribution in [0.1, 0.15) is 26.5 Å². The minimum Gasteiger partial charge on any atom is -0.306 e. The van der Waals surface area contributed by atoms with Crippen molar-refractivity contribution in [1.29, 1.82) is 0 Å². The summed E-state index contributed by atoms with van der Waals surface area (Å²) >= 11 is 5.85. The van der Waals surface area contributed by atoms with E-state index in [1.807, 2.05) is 55.8 Å². The van der Waals surface area contributed by atoms with Gasteiger partial charge in [0.2, 0.25) is 0 Å². The lowest BCUT2D eigenvalue weighted by atomic mass is 10.3. The van der Waals surface area contributed by atoms with Gasteiger partial charge in [-0.3, -0.25) is 0 Å². The Hall–Kier alpha value is -1.46. The largest absolute Gasteiger partial charge is 0.306 e. The molecule has 0 aliphatic heterocycles. The maximum atomic E-state index is 11.8. The molecule has 0 aliphatic rings. The summed E-state index contributed by atoms with van der Waals surface area (Å²) in [6, 6.07) is 7.44. The second-order valence-electron chi connectivity index (χ2n) is 5.28. The molecule has 1 heterocycles. The zero-order valence-electron chi connectivity index (χ0n) is 11.6. The van der Waals surface area contributed by atoms with Crippen LogP contribution in [0.5, 0.6) is 0 Å². The van der Waals surface area contributed by atoms with Crippen LogP contribution in [0.15, 0.2) is 41.2 Å². The predicted octanol–water partition coefficient (Wildman–Crippen LogP) is 3.41. The quantitative estimate of drug-likeness (QED) is 0.816. The third kappa shape index (κ3) is 3.77. The van der Waals surface area contributed by atoms with Gasteiger partial charge in [-0.1, -0.05) is 11.6 Å². The van der Waals surface area contributed by atoms with Crippen LogP contribution in [0.3, 0.4) is 0 Å². The molecule has 0 saturated carbocycles. The summed E-state index contributed by atoms with van der Waals surface area (Å²) < 4.78 is 17.3. The van der Waals surface area contributed by atoms with Gasteiger partial charge in [-0.05, 0) is 45.0 Å². The lowest BCUT2D eigenvalue weighted by Crippen LogP contribution is -2.19. The van der Waals surface area contributed by atoms with Crippen LogP contribution in [0.2, 0.25) is 5.02 Å². The Morgan fingerprint density at radius 3 is 2.55 bits per heavy atom. The molecule has 6 heteroatoms. The number of imidazole rings is 1. The third-order valence-electron chi connectivity index (χ3n) is 2.53. The fraction of sp³-hybridized carbons (Fsp3) is 0.286. The van der Waals surface area contributed by atoms with Gasteiger partial charge in [0.15, 0.2) is 0 Å². The van der Waals surface area contributed by atoms with Gasteiger partial charge in [0.05, 0.1) is 17.3 Å². The first-order valence-electron chi connectivity index (χ1n) is 6.12. The monoisotopic (exact) mass is 309 g/mol. The molecule has 1 aromatic carbocycles. The molecule has 0 unspecified atom stereocenters. The second kappa shape index (κ2) is 5.89. The minimum absolute atomic E-state index is 0.366. The number of benzene rings is 1.